The van der Waals surface area contributed by atoms with Crippen LogP contribution in [0.1, 0.15) is 31.4 Å². The van der Waals surface area contributed by atoms with Crippen molar-refractivity contribution in [3.8, 4) is 11.5 Å². The lowest BCUT2D eigenvalue weighted by molar-refractivity contribution is -0.139. The van der Waals surface area contributed by atoms with Gasteiger partial charge in [-0.1, -0.05) is 55.0 Å². The van der Waals surface area contributed by atoms with Gasteiger partial charge in [-0.25, -0.2) is 8.42 Å². The summed E-state index contributed by atoms with van der Waals surface area (Å²) >= 11 is 0. The summed E-state index contributed by atoms with van der Waals surface area (Å²) in [6, 6.07) is 19.5. The third-order valence-corrected chi connectivity index (χ3v) is 8.24. The average molecular weight is 568 g/mol. The van der Waals surface area contributed by atoms with Crippen molar-refractivity contribution in [1.82, 2.24) is 10.2 Å². The van der Waals surface area contributed by atoms with Crippen LogP contribution in [0.3, 0.4) is 0 Å². The Morgan fingerprint density at radius 2 is 1.57 bits per heavy atom. The smallest absolute Gasteiger partial charge is 0.264 e. The molecular weight excluding hydrogens is 530 g/mol. The second kappa shape index (κ2) is 13.8. The molecule has 3 rings (SSSR count). The van der Waals surface area contributed by atoms with Gasteiger partial charge in [-0.15, -0.1) is 0 Å². The minimum Gasteiger partial charge on any atom is -0.493 e. The molecule has 0 bridgehead atoms. The Hall–Kier alpha value is -4.05. The molecule has 0 radical (unpaired) electrons. The predicted octanol–water partition coefficient (Wildman–Crippen LogP) is 4.15. The van der Waals surface area contributed by atoms with E-state index in [1.54, 1.807) is 31.2 Å². The zero-order valence-corrected chi connectivity index (χ0v) is 24.4. The number of nitrogens with zero attached hydrogens (tertiary/aromatic N) is 2. The highest BCUT2D eigenvalue weighted by Crippen LogP contribution is 2.34. The molecule has 40 heavy (non-hydrogen) atoms. The maximum absolute atomic E-state index is 14.0. The monoisotopic (exact) mass is 567 g/mol. The van der Waals surface area contributed by atoms with Crippen molar-refractivity contribution in [3.63, 3.8) is 0 Å². The first kappa shape index (κ1) is 30.5. The van der Waals surface area contributed by atoms with E-state index in [0.717, 1.165) is 21.9 Å². The lowest BCUT2D eigenvalue weighted by atomic mass is 10.1. The number of sulfonamides is 1. The fraction of sp³-hybridized carbons (Fsp3) is 0.333. The number of anilines is 1. The normalized spacial score (nSPS) is 11.8. The number of carbonyl (C=O) groups excluding carboxylic acids is 2. The van der Waals surface area contributed by atoms with Crippen LogP contribution >= 0.6 is 0 Å². The molecular formula is C30H37N3O6S. The highest BCUT2D eigenvalue weighted by Gasteiger charge is 2.33. The van der Waals surface area contributed by atoms with Crippen molar-refractivity contribution >= 4 is 27.5 Å². The number of hydrogen-bond donors (Lipinski definition) is 1. The first-order valence-electron chi connectivity index (χ1n) is 13.0. The first-order valence-corrected chi connectivity index (χ1v) is 14.5. The maximum atomic E-state index is 14.0. The Morgan fingerprint density at radius 3 is 2.17 bits per heavy atom. The fourth-order valence-electron chi connectivity index (χ4n) is 4.10. The topological polar surface area (TPSA) is 105 Å². The van der Waals surface area contributed by atoms with E-state index >= 15 is 0 Å². The van der Waals surface area contributed by atoms with Gasteiger partial charge in [0.2, 0.25) is 11.8 Å². The predicted molar refractivity (Wildman–Crippen MR) is 155 cm³/mol. The number of carbonyl (C=O) groups is 2. The van der Waals surface area contributed by atoms with E-state index in [1.165, 1.54) is 37.3 Å². The first-order chi connectivity index (χ1) is 19.1. The molecule has 0 aliphatic rings. The number of rotatable bonds is 13. The fourth-order valence-corrected chi connectivity index (χ4v) is 5.51. The van der Waals surface area contributed by atoms with Crippen LogP contribution in [0.2, 0.25) is 0 Å². The summed E-state index contributed by atoms with van der Waals surface area (Å²) in [6.07, 6.45) is 0.743. The minimum atomic E-state index is -4.19. The summed E-state index contributed by atoms with van der Waals surface area (Å²) in [7, 11) is -1.26. The SMILES string of the molecule is CCCNC(=O)[C@H](C)N(Cc1ccccc1)C(=O)CN(c1ccc(OC)c(OC)c1)S(=O)(=O)c1ccc(C)cc1. The van der Waals surface area contributed by atoms with E-state index in [0.29, 0.717) is 18.0 Å². The summed E-state index contributed by atoms with van der Waals surface area (Å²) in [5, 5.41) is 2.83. The van der Waals surface area contributed by atoms with E-state index in [9.17, 15) is 18.0 Å². The number of hydrogen-bond acceptors (Lipinski definition) is 6. The van der Waals surface area contributed by atoms with Crippen molar-refractivity contribution in [2.75, 3.05) is 31.6 Å². The number of methoxy groups -OCH3 is 2. The molecule has 0 heterocycles. The number of amides is 2. The van der Waals surface area contributed by atoms with E-state index in [1.807, 2.05) is 44.2 Å². The molecule has 3 aromatic carbocycles. The second-order valence-corrected chi connectivity index (χ2v) is 11.2. The van der Waals surface area contributed by atoms with Crippen LogP contribution in [0, 0.1) is 6.92 Å². The standard InChI is InChI=1S/C30H37N3O6S/c1-6-18-31-30(35)23(3)32(20-24-10-8-7-9-11-24)29(34)21-33(25-14-17-27(38-4)28(19-25)39-5)40(36,37)26-15-12-22(2)13-16-26/h7-17,19,23H,6,18,20-21H2,1-5H3,(H,31,35)/t23-/m0/s1. The number of nitrogens with one attached hydrogen (secondary N) is 1. The number of aryl methyl sites for hydroxylation is 1. The van der Waals surface area contributed by atoms with Gasteiger partial charge in [0.25, 0.3) is 10.0 Å². The maximum Gasteiger partial charge on any atom is 0.264 e. The second-order valence-electron chi connectivity index (χ2n) is 9.34. The largest absolute Gasteiger partial charge is 0.493 e. The molecule has 0 saturated heterocycles. The lowest BCUT2D eigenvalue weighted by Gasteiger charge is -2.32. The number of ether oxygens (including phenoxy) is 2. The van der Waals surface area contributed by atoms with Crippen molar-refractivity contribution < 1.29 is 27.5 Å². The van der Waals surface area contributed by atoms with E-state index in [4.69, 9.17) is 9.47 Å². The molecule has 3 aromatic rings. The van der Waals surface area contributed by atoms with Crippen molar-refractivity contribution in [1.29, 1.82) is 0 Å². The van der Waals surface area contributed by atoms with Crippen molar-refractivity contribution in [3.05, 3.63) is 83.9 Å². The Kier molecular flexibility index (Phi) is 10.6. The van der Waals surface area contributed by atoms with E-state index in [2.05, 4.69) is 5.32 Å². The molecule has 214 valence electrons. The molecule has 0 spiro atoms. The van der Waals surface area contributed by atoms with Crippen LogP contribution in [-0.2, 0) is 26.2 Å². The van der Waals surface area contributed by atoms with Crippen LogP contribution in [0.15, 0.2) is 77.7 Å². The van der Waals surface area contributed by atoms with Crippen molar-refractivity contribution in [2.45, 2.75) is 44.7 Å². The van der Waals surface area contributed by atoms with Gasteiger partial charge in [-0.2, -0.15) is 0 Å². The van der Waals surface area contributed by atoms with Gasteiger partial charge < -0.3 is 19.7 Å². The van der Waals surface area contributed by atoms with Gasteiger partial charge in [0.1, 0.15) is 12.6 Å². The van der Waals surface area contributed by atoms with Gasteiger partial charge in [0, 0.05) is 19.2 Å². The zero-order chi connectivity index (χ0) is 29.3. The summed E-state index contributed by atoms with van der Waals surface area (Å²) in [6.45, 7) is 5.50. The molecule has 0 aliphatic carbocycles. The van der Waals surface area contributed by atoms with Gasteiger partial charge in [0.05, 0.1) is 24.8 Å². The zero-order valence-electron chi connectivity index (χ0n) is 23.6. The van der Waals surface area contributed by atoms with Crippen LogP contribution < -0.4 is 19.1 Å². The van der Waals surface area contributed by atoms with Crippen LogP contribution in [0.25, 0.3) is 0 Å². The molecule has 1 atom stereocenters. The van der Waals surface area contributed by atoms with E-state index in [-0.39, 0.29) is 23.0 Å². The third kappa shape index (κ3) is 7.32. The van der Waals surface area contributed by atoms with Crippen LogP contribution in [-0.4, -0.2) is 58.5 Å². The van der Waals surface area contributed by atoms with Gasteiger partial charge in [-0.3, -0.25) is 13.9 Å². The molecule has 0 aromatic heterocycles. The summed E-state index contributed by atoms with van der Waals surface area (Å²) < 4.78 is 39.7. The molecule has 9 nitrogen and oxygen atoms in total. The molecule has 1 N–H and O–H groups in total. The lowest BCUT2D eigenvalue weighted by Crippen LogP contribution is -2.51. The average Bonchev–Trinajstić information content (AvgIpc) is 2.97. The summed E-state index contributed by atoms with van der Waals surface area (Å²) in [5.41, 5.74) is 1.92. The molecule has 0 fully saturated rings. The Balaban J connectivity index is 2.07. The highest BCUT2D eigenvalue weighted by atomic mass is 32.2. The van der Waals surface area contributed by atoms with Crippen LogP contribution in [0.4, 0.5) is 5.69 Å². The minimum absolute atomic E-state index is 0.0315. The quantitative estimate of drug-likeness (QED) is 0.333. The molecule has 0 saturated carbocycles. The molecule has 2 amide bonds. The molecule has 0 unspecified atom stereocenters. The van der Waals surface area contributed by atoms with Gasteiger partial charge in [0.15, 0.2) is 11.5 Å². The van der Waals surface area contributed by atoms with Gasteiger partial charge in [-0.05, 0) is 50.1 Å². The highest BCUT2D eigenvalue weighted by molar-refractivity contribution is 7.92. The molecule has 0 aliphatic heterocycles. The Labute approximate surface area is 236 Å². The summed E-state index contributed by atoms with van der Waals surface area (Å²) in [5.74, 6) is -0.124. The number of benzene rings is 3. The van der Waals surface area contributed by atoms with Crippen molar-refractivity contribution in [2.24, 2.45) is 0 Å². The van der Waals surface area contributed by atoms with E-state index < -0.39 is 28.5 Å². The molecule has 10 heteroatoms. The summed E-state index contributed by atoms with van der Waals surface area (Å²) in [4.78, 5) is 28.3. The Bertz CT molecular complexity index is 1390. The third-order valence-electron chi connectivity index (χ3n) is 6.46. The Morgan fingerprint density at radius 1 is 0.925 bits per heavy atom. The van der Waals surface area contributed by atoms with Gasteiger partial charge >= 0.3 is 0 Å². The van der Waals surface area contributed by atoms with Crippen LogP contribution in [0.5, 0.6) is 11.5 Å².